The van der Waals surface area contributed by atoms with E-state index in [-0.39, 0.29) is 17.7 Å². The van der Waals surface area contributed by atoms with E-state index in [1.54, 1.807) is 11.8 Å². The predicted molar refractivity (Wildman–Crippen MR) is 110 cm³/mol. The third-order valence-corrected chi connectivity index (χ3v) is 5.29. The maximum Gasteiger partial charge on any atom is 0.277 e. The lowest BCUT2D eigenvalue weighted by Crippen LogP contribution is -2.30. The second-order valence-corrected chi connectivity index (χ2v) is 7.88. The van der Waals surface area contributed by atoms with Gasteiger partial charge in [-0.2, -0.15) is 11.8 Å². The summed E-state index contributed by atoms with van der Waals surface area (Å²) in [7, 11) is 0. The van der Waals surface area contributed by atoms with Gasteiger partial charge in [0.25, 0.3) is 5.22 Å². The minimum absolute atomic E-state index is 0.117. The molecule has 0 saturated heterocycles. The van der Waals surface area contributed by atoms with Crippen LogP contribution in [0.25, 0.3) is 0 Å². The number of nitrogens with one attached hydrogen (secondary N) is 1. The normalized spacial score (nSPS) is 11.9. The van der Waals surface area contributed by atoms with Crippen LogP contribution < -0.4 is 5.32 Å². The molecule has 0 saturated carbocycles. The molecule has 1 heterocycles. The van der Waals surface area contributed by atoms with Crippen molar-refractivity contribution in [3.05, 3.63) is 76.6 Å². The number of hydrogen-bond donors (Lipinski definition) is 1. The van der Waals surface area contributed by atoms with E-state index in [0.29, 0.717) is 21.9 Å². The highest BCUT2D eigenvalue weighted by atomic mass is 35.5. The molecule has 1 atom stereocenters. The van der Waals surface area contributed by atoms with Crippen LogP contribution in [-0.4, -0.2) is 28.1 Å². The van der Waals surface area contributed by atoms with E-state index in [9.17, 15) is 4.79 Å². The summed E-state index contributed by atoms with van der Waals surface area (Å²) in [6, 6.07) is 17.0. The van der Waals surface area contributed by atoms with Crippen molar-refractivity contribution in [1.29, 1.82) is 0 Å². The van der Waals surface area contributed by atoms with Crippen LogP contribution in [-0.2, 0) is 10.5 Å². The van der Waals surface area contributed by atoms with Crippen molar-refractivity contribution in [3.63, 3.8) is 0 Å². The minimum Gasteiger partial charge on any atom is -0.415 e. The number of hydrogen-bond acceptors (Lipinski definition) is 6. The summed E-state index contributed by atoms with van der Waals surface area (Å²) in [6.45, 7) is 0. The minimum atomic E-state index is -0.258. The van der Waals surface area contributed by atoms with Crippen LogP contribution in [0.15, 0.2) is 64.2 Å². The van der Waals surface area contributed by atoms with Gasteiger partial charge in [-0.3, -0.25) is 4.79 Å². The highest BCUT2D eigenvalue weighted by Crippen LogP contribution is 2.24. The Bertz CT molecular complexity index is 872. The largest absolute Gasteiger partial charge is 0.415 e. The smallest absolute Gasteiger partial charge is 0.277 e. The fourth-order valence-electron chi connectivity index (χ4n) is 2.47. The Kier molecular flexibility index (Phi) is 7.20. The zero-order chi connectivity index (χ0) is 19.1. The maximum absolute atomic E-state index is 12.5. The third kappa shape index (κ3) is 5.76. The van der Waals surface area contributed by atoms with Crippen LogP contribution in [0, 0.1) is 0 Å². The van der Waals surface area contributed by atoms with Crippen molar-refractivity contribution in [1.82, 2.24) is 15.5 Å². The quantitative estimate of drug-likeness (QED) is 0.539. The summed E-state index contributed by atoms with van der Waals surface area (Å²) in [5, 5.41) is 12.0. The zero-order valence-corrected chi connectivity index (χ0v) is 17.0. The van der Waals surface area contributed by atoms with Crippen molar-refractivity contribution in [2.24, 2.45) is 0 Å². The van der Waals surface area contributed by atoms with Crippen LogP contribution in [0.3, 0.4) is 0 Å². The molecular weight excluding hydrogens is 402 g/mol. The molecule has 1 amide bonds. The second kappa shape index (κ2) is 9.82. The molecule has 140 valence electrons. The van der Waals surface area contributed by atoms with Gasteiger partial charge in [0, 0.05) is 5.02 Å². The van der Waals surface area contributed by atoms with Crippen molar-refractivity contribution >= 4 is 41.0 Å². The summed E-state index contributed by atoms with van der Waals surface area (Å²) in [5.74, 6) is 1.30. The van der Waals surface area contributed by atoms with Gasteiger partial charge in [-0.1, -0.05) is 65.8 Å². The first kappa shape index (κ1) is 19.8. The molecule has 0 fully saturated rings. The van der Waals surface area contributed by atoms with Crippen LogP contribution in [0.1, 0.15) is 23.1 Å². The fraction of sp³-hybridized carbons (Fsp3) is 0.211. The first-order valence-electron chi connectivity index (χ1n) is 8.19. The van der Waals surface area contributed by atoms with Gasteiger partial charge in [0.15, 0.2) is 0 Å². The molecule has 3 aromatic rings. The number of halogens is 1. The molecule has 0 aliphatic rings. The van der Waals surface area contributed by atoms with Crippen LogP contribution >= 0.6 is 35.1 Å². The standard InChI is InChI=1S/C19H18ClN3O2S2/c1-26-12-17-22-23-19(25-17)27-11-16(24)21-18(13-5-3-2-4-6-13)14-7-9-15(20)10-8-14/h2-10,18H,11-12H2,1H3,(H,21,24). The Morgan fingerprint density at radius 2 is 1.81 bits per heavy atom. The van der Waals surface area contributed by atoms with E-state index in [0.717, 1.165) is 11.1 Å². The molecule has 1 N–H and O–H groups in total. The van der Waals surface area contributed by atoms with E-state index in [1.807, 2.05) is 60.9 Å². The van der Waals surface area contributed by atoms with E-state index in [2.05, 4.69) is 15.5 Å². The number of thioether (sulfide) groups is 2. The molecule has 1 aromatic heterocycles. The Labute approximate surface area is 171 Å². The molecule has 0 aliphatic heterocycles. The first-order chi connectivity index (χ1) is 13.2. The van der Waals surface area contributed by atoms with Gasteiger partial charge in [0.05, 0.1) is 17.5 Å². The van der Waals surface area contributed by atoms with Crippen molar-refractivity contribution < 1.29 is 9.21 Å². The summed E-state index contributed by atoms with van der Waals surface area (Å²) in [6.07, 6.45) is 1.96. The Morgan fingerprint density at radius 3 is 2.52 bits per heavy atom. The molecule has 8 heteroatoms. The van der Waals surface area contributed by atoms with Crippen LogP contribution in [0.4, 0.5) is 0 Å². The number of amides is 1. The highest BCUT2D eigenvalue weighted by Gasteiger charge is 2.18. The van der Waals surface area contributed by atoms with Gasteiger partial charge in [-0.05, 0) is 29.5 Å². The van der Waals surface area contributed by atoms with E-state index in [1.165, 1.54) is 11.8 Å². The molecular formula is C19H18ClN3O2S2. The average Bonchev–Trinajstić information content (AvgIpc) is 3.14. The Morgan fingerprint density at radius 1 is 1.11 bits per heavy atom. The maximum atomic E-state index is 12.5. The number of nitrogens with zero attached hydrogens (tertiary/aromatic N) is 2. The zero-order valence-electron chi connectivity index (χ0n) is 14.6. The van der Waals surface area contributed by atoms with Gasteiger partial charge in [-0.15, -0.1) is 10.2 Å². The summed E-state index contributed by atoms with van der Waals surface area (Å²) >= 11 is 8.82. The van der Waals surface area contributed by atoms with Crippen molar-refractivity contribution in [2.75, 3.05) is 12.0 Å². The Balaban J connectivity index is 1.67. The fourth-order valence-corrected chi connectivity index (χ4v) is 3.55. The van der Waals surface area contributed by atoms with Gasteiger partial charge in [0.1, 0.15) is 0 Å². The summed E-state index contributed by atoms with van der Waals surface area (Å²) < 4.78 is 5.49. The lowest BCUT2D eigenvalue weighted by Gasteiger charge is -2.19. The van der Waals surface area contributed by atoms with E-state index < -0.39 is 0 Å². The van der Waals surface area contributed by atoms with Crippen LogP contribution in [0.5, 0.6) is 0 Å². The van der Waals surface area contributed by atoms with Gasteiger partial charge < -0.3 is 9.73 Å². The Hall–Kier alpha value is -1.96. The second-order valence-electron chi connectivity index (χ2n) is 5.65. The number of carbonyl (C=O) groups is 1. The SMILES string of the molecule is CSCc1nnc(SCC(=O)NC(c2ccccc2)c2ccc(Cl)cc2)o1. The van der Waals surface area contributed by atoms with E-state index >= 15 is 0 Å². The monoisotopic (exact) mass is 419 g/mol. The number of aromatic nitrogens is 2. The van der Waals surface area contributed by atoms with Gasteiger partial charge in [0.2, 0.25) is 11.8 Å². The number of rotatable bonds is 8. The predicted octanol–water partition coefficient (Wildman–Crippen LogP) is 4.58. The average molecular weight is 420 g/mol. The molecule has 27 heavy (non-hydrogen) atoms. The molecule has 0 bridgehead atoms. The molecule has 3 rings (SSSR count). The molecule has 5 nitrogen and oxygen atoms in total. The first-order valence-corrected chi connectivity index (χ1v) is 11.0. The summed E-state index contributed by atoms with van der Waals surface area (Å²) in [5.41, 5.74) is 1.96. The number of benzene rings is 2. The van der Waals surface area contributed by atoms with Crippen LogP contribution in [0.2, 0.25) is 5.02 Å². The molecule has 0 radical (unpaired) electrons. The third-order valence-electron chi connectivity index (χ3n) is 3.68. The van der Waals surface area contributed by atoms with Crippen molar-refractivity contribution in [2.45, 2.75) is 17.0 Å². The molecule has 0 spiro atoms. The lowest BCUT2D eigenvalue weighted by molar-refractivity contribution is -0.119. The van der Waals surface area contributed by atoms with Crippen molar-refractivity contribution in [3.8, 4) is 0 Å². The highest BCUT2D eigenvalue weighted by molar-refractivity contribution is 7.99. The van der Waals surface area contributed by atoms with E-state index in [4.69, 9.17) is 16.0 Å². The summed E-state index contributed by atoms with van der Waals surface area (Å²) in [4.78, 5) is 12.5. The molecule has 2 aromatic carbocycles. The number of carbonyl (C=O) groups excluding carboxylic acids is 1. The van der Waals surface area contributed by atoms with Gasteiger partial charge >= 0.3 is 0 Å². The molecule has 1 unspecified atom stereocenters. The lowest BCUT2D eigenvalue weighted by atomic mass is 9.99. The topological polar surface area (TPSA) is 68.0 Å². The van der Waals surface area contributed by atoms with Gasteiger partial charge in [-0.25, -0.2) is 0 Å². The molecule has 0 aliphatic carbocycles.